The lowest BCUT2D eigenvalue weighted by molar-refractivity contribution is 0.216. The normalized spacial score (nSPS) is 19.3. The molecule has 0 amide bonds. The molecule has 0 aromatic carbocycles. The van der Waals surface area contributed by atoms with Crippen molar-refractivity contribution >= 4 is 17.3 Å². The van der Waals surface area contributed by atoms with Gasteiger partial charge in [0.2, 0.25) is 0 Å². The number of rotatable bonds is 3. The molecule has 1 saturated heterocycles. The van der Waals surface area contributed by atoms with Gasteiger partial charge in [-0.05, 0) is 38.5 Å². The van der Waals surface area contributed by atoms with E-state index in [0.717, 1.165) is 11.7 Å². The van der Waals surface area contributed by atoms with Crippen molar-refractivity contribution in [2.45, 2.75) is 32.7 Å². The SMILES string of the molecule is CCNC(=S)NC1CCN(CC)CC1. The Kier molecular flexibility index (Phi) is 5.19. The van der Waals surface area contributed by atoms with E-state index in [2.05, 4.69) is 29.4 Å². The second-order valence-electron chi connectivity index (χ2n) is 3.71. The van der Waals surface area contributed by atoms with Crippen LogP contribution in [0.3, 0.4) is 0 Å². The maximum Gasteiger partial charge on any atom is 0.166 e. The lowest BCUT2D eigenvalue weighted by Crippen LogP contribution is -2.47. The zero-order valence-electron chi connectivity index (χ0n) is 9.18. The minimum Gasteiger partial charge on any atom is -0.363 e. The molecule has 0 spiro atoms. The van der Waals surface area contributed by atoms with Crippen molar-refractivity contribution in [2.24, 2.45) is 0 Å². The van der Waals surface area contributed by atoms with Crippen molar-refractivity contribution in [1.29, 1.82) is 0 Å². The second kappa shape index (κ2) is 6.19. The highest BCUT2D eigenvalue weighted by atomic mass is 32.1. The van der Waals surface area contributed by atoms with E-state index in [1.807, 2.05) is 0 Å². The van der Waals surface area contributed by atoms with Crippen LogP contribution in [0.1, 0.15) is 26.7 Å². The molecule has 0 aromatic heterocycles. The zero-order chi connectivity index (χ0) is 10.4. The van der Waals surface area contributed by atoms with Crippen molar-refractivity contribution in [2.75, 3.05) is 26.2 Å². The van der Waals surface area contributed by atoms with Gasteiger partial charge in [0.05, 0.1) is 0 Å². The number of nitrogens with one attached hydrogen (secondary N) is 2. The highest BCUT2D eigenvalue weighted by molar-refractivity contribution is 7.80. The predicted octanol–water partition coefficient (Wildman–Crippen LogP) is 0.955. The average molecular weight is 215 g/mol. The lowest BCUT2D eigenvalue weighted by atomic mass is 10.1. The maximum atomic E-state index is 5.16. The van der Waals surface area contributed by atoms with Crippen LogP contribution in [0, 0.1) is 0 Å². The Morgan fingerprint density at radius 1 is 1.36 bits per heavy atom. The van der Waals surface area contributed by atoms with Crippen molar-refractivity contribution in [1.82, 2.24) is 15.5 Å². The van der Waals surface area contributed by atoms with Crippen LogP contribution in [0.15, 0.2) is 0 Å². The van der Waals surface area contributed by atoms with Gasteiger partial charge in [-0.3, -0.25) is 0 Å². The molecule has 1 fully saturated rings. The van der Waals surface area contributed by atoms with E-state index in [1.54, 1.807) is 0 Å². The maximum absolute atomic E-state index is 5.16. The minimum absolute atomic E-state index is 0.573. The molecule has 3 nitrogen and oxygen atoms in total. The zero-order valence-corrected chi connectivity index (χ0v) is 9.99. The van der Waals surface area contributed by atoms with E-state index < -0.39 is 0 Å². The first-order chi connectivity index (χ1) is 6.76. The number of thiocarbonyl (C=S) groups is 1. The van der Waals surface area contributed by atoms with E-state index in [-0.39, 0.29) is 0 Å². The molecule has 82 valence electrons. The van der Waals surface area contributed by atoms with E-state index in [9.17, 15) is 0 Å². The van der Waals surface area contributed by atoms with Gasteiger partial charge in [-0.1, -0.05) is 6.92 Å². The second-order valence-corrected chi connectivity index (χ2v) is 4.12. The van der Waals surface area contributed by atoms with Gasteiger partial charge in [-0.2, -0.15) is 0 Å². The molecule has 1 aliphatic heterocycles. The summed E-state index contributed by atoms with van der Waals surface area (Å²) in [6.45, 7) is 8.75. The summed E-state index contributed by atoms with van der Waals surface area (Å²) in [6, 6.07) is 0.573. The molecule has 0 unspecified atom stereocenters. The van der Waals surface area contributed by atoms with Gasteiger partial charge in [0.15, 0.2) is 5.11 Å². The molecule has 1 aliphatic rings. The van der Waals surface area contributed by atoms with Gasteiger partial charge in [-0.15, -0.1) is 0 Å². The van der Waals surface area contributed by atoms with Crippen molar-refractivity contribution in [3.8, 4) is 0 Å². The van der Waals surface area contributed by atoms with Gasteiger partial charge in [0.1, 0.15) is 0 Å². The standard InChI is InChI=1S/C10H21N3S/c1-3-11-10(14)12-9-5-7-13(4-2)8-6-9/h9H,3-8H2,1-2H3,(H2,11,12,14). The van der Waals surface area contributed by atoms with E-state index in [1.165, 1.54) is 32.5 Å². The summed E-state index contributed by atoms with van der Waals surface area (Å²) >= 11 is 5.16. The van der Waals surface area contributed by atoms with E-state index in [0.29, 0.717) is 6.04 Å². The van der Waals surface area contributed by atoms with Crippen LogP contribution in [0.2, 0.25) is 0 Å². The molecule has 2 N–H and O–H groups in total. The topological polar surface area (TPSA) is 27.3 Å². The number of nitrogens with zero attached hydrogens (tertiary/aromatic N) is 1. The first-order valence-corrected chi connectivity index (χ1v) is 5.93. The summed E-state index contributed by atoms with van der Waals surface area (Å²) in [6.07, 6.45) is 2.42. The third-order valence-corrected chi connectivity index (χ3v) is 2.97. The first kappa shape index (κ1) is 11.7. The van der Waals surface area contributed by atoms with Gasteiger partial charge in [0.25, 0.3) is 0 Å². The van der Waals surface area contributed by atoms with E-state index in [4.69, 9.17) is 12.2 Å². The van der Waals surface area contributed by atoms with E-state index >= 15 is 0 Å². The highest BCUT2D eigenvalue weighted by Gasteiger charge is 2.17. The van der Waals surface area contributed by atoms with Gasteiger partial charge >= 0.3 is 0 Å². The van der Waals surface area contributed by atoms with Gasteiger partial charge in [0, 0.05) is 25.7 Å². The Hall–Kier alpha value is -0.350. The number of piperidine rings is 1. The molecule has 0 aliphatic carbocycles. The van der Waals surface area contributed by atoms with Crippen LogP contribution in [0.25, 0.3) is 0 Å². The molecule has 0 atom stereocenters. The fourth-order valence-electron chi connectivity index (χ4n) is 1.79. The average Bonchev–Trinajstić information content (AvgIpc) is 2.19. The van der Waals surface area contributed by atoms with Crippen molar-refractivity contribution in [3.63, 3.8) is 0 Å². The monoisotopic (exact) mass is 215 g/mol. The fraction of sp³-hybridized carbons (Fsp3) is 0.900. The van der Waals surface area contributed by atoms with Crippen LogP contribution in [-0.4, -0.2) is 42.2 Å². The van der Waals surface area contributed by atoms with Crippen LogP contribution >= 0.6 is 12.2 Å². The van der Waals surface area contributed by atoms with Crippen LogP contribution in [0.5, 0.6) is 0 Å². The molecule has 4 heteroatoms. The largest absolute Gasteiger partial charge is 0.363 e. The van der Waals surface area contributed by atoms with Crippen LogP contribution in [0.4, 0.5) is 0 Å². The summed E-state index contributed by atoms with van der Waals surface area (Å²) in [5, 5.41) is 7.29. The summed E-state index contributed by atoms with van der Waals surface area (Å²) in [4.78, 5) is 2.48. The number of likely N-dealkylation sites (tertiary alicyclic amines) is 1. The molecule has 1 heterocycles. The third kappa shape index (κ3) is 3.80. The van der Waals surface area contributed by atoms with Gasteiger partial charge < -0.3 is 15.5 Å². The Morgan fingerprint density at radius 2 is 2.00 bits per heavy atom. The highest BCUT2D eigenvalue weighted by Crippen LogP contribution is 2.09. The summed E-state index contributed by atoms with van der Waals surface area (Å²) in [5.41, 5.74) is 0. The Balaban J connectivity index is 2.18. The van der Waals surface area contributed by atoms with Crippen LogP contribution < -0.4 is 10.6 Å². The van der Waals surface area contributed by atoms with Crippen molar-refractivity contribution in [3.05, 3.63) is 0 Å². The molecule has 0 bridgehead atoms. The molecular weight excluding hydrogens is 194 g/mol. The summed E-state index contributed by atoms with van der Waals surface area (Å²) < 4.78 is 0. The van der Waals surface area contributed by atoms with Crippen molar-refractivity contribution < 1.29 is 0 Å². The summed E-state index contributed by atoms with van der Waals surface area (Å²) in [5.74, 6) is 0. The Labute approximate surface area is 92.2 Å². The Morgan fingerprint density at radius 3 is 2.50 bits per heavy atom. The lowest BCUT2D eigenvalue weighted by Gasteiger charge is -2.32. The number of hydrogen-bond acceptors (Lipinski definition) is 2. The minimum atomic E-state index is 0.573. The molecule has 0 saturated carbocycles. The number of hydrogen-bond donors (Lipinski definition) is 2. The van der Waals surface area contributed by atoms with Gasteiger partial charge in [-0.25, -0.2) is 0 Å². The van der Waals surface area contributed by atoms with Crippen LogP contribution in [-0.2, 0) is 0 Å². The molecule has 1 rings (SSSR count). The Bertz CT molecular complexity index is 176. The molecule has 14 heavy (non-hydrogen) atoms. The first-order valence-electron chi connectivity index (χ1n) is 5.53. The third-order valence-electron chi connectivity index (χ3n) is 2.71. The smallest absolute Gasteiger partial charge is 0.166 e. The molecule has 0 radical (unpaired) electrons. The molecular formula is C10H21N3S. The predicted molar refractivity (Wildman–Crippen MR) is 64.5 cm³/mol. The fourth-order valence-corrected chi connectivity index (χ4v) is 2.10. The quantitative estimate of drug-likeness (QED) is 0.686. The molecule has 0 aromatic rings. The summed E-state index contributed by atoms with van der Waals surface area (Å²) in [7, 11) is 0.